The lowest BCUT2D eigenvalue weighted by Crippen LogP contribution is -2.47. The fourth-order valence-electron chi connectivity index (χ4n) is 1.51. The van der Waals surface area contributed by atoms with E-state index in [1.54, 1.807) is 0 Å². The van der Waals surface area contributed by atoms with E-state index in [0.29, 0.717) is 13.0 Å². The summed E-state index contributed by atoms with van der Waals surface area (Å²) in [5.74, 6) is 0. The Bertz CT molecular complexity index is 254. The first-order valence-electron chi connectivity index (χ1n) is 4.22. The Morgan fingerprint density at radius 1 is 1.71 bits per heavy atom. The lowest BCUT2D eigenvalue weighted by atomic mass is 10.0. The van der Waals surface area contributed by atoms with Gasteiger partial charge >= 0.3 is 6.09 Å². The topological polar surface area (TPSA) is 98.5 Å². The number of piperidine rings is 1. The number of carbonyl (C=O) groups is 1. The average Bonchev–Trinajstić information content (AvgIpc) is 2.17. The Morgan fingerprint density at radius 3 is 2.93 bits per heavy atom. The van der Waals surface area contributed by atoms with Gasteiger partial charge in [-0.25, -0.2) is 4.79 Å². The molecule has 0 spiro atoms. The Balaban J connectivity index is 2.65. The molecule has 1 heterocycles. The highest BCUT2D eigenvalue weighted by atomic mass is 16.5. The Kier molecular flexibility index (Phi) is 3.55. The maximum atomic E-state index is 10.7. The van der Waals surface area contributed by atoms with Crippen molar-refractivity contribution < 1.29 is 14.6 Å². The van der Waals surface area contributed by atoms with Gasteiger partial charge in [0.25, 0.3) is 0 Å². The van der Waals surface area contributed by atoms with E-state index in [0.717, 1.165) is 0 Å². The van der Waals surface area contributed by atoms with E-state index in [9.17, 15) is 4.79 Å². The molecule has 0 aliphatic carbocycles. The van der Waals surface area contributed by atoms with Gasteiger partial charge in [0.1, 0.15) is 0 Å². The van der Waals surface area contributed by atoms with Crippen molar-refractivity contribution in [2.75, 3.05) is 20.2 Å². The molecule has 0 saturated carbocycles. The van der Waals surface area contributed by atoms with Crippen LogP contribution >= 0.6 is 0 Å². The summed E-state index contributed by atoms with van der Waals surface area (Å²) in [6, 6.07) is -0.324. The maximum absolute atomic E-state index is 10.7. The van der Waals surface area contributed by atoms with Crippen molar-refractivity contribution in [1.82, 2.24) is 4.90 Å². The summed E-state index contributed by atoms with van der Waals surface area (Å²) in [4.78, 5) is 14.6. The number of likely N-dealkylation sites (tertiary alicyclic amines) is 1. The fourth-order valence-corrected chi connectivity index (χ4v) is 1.51. The molecule has 1 amide bonds. The van der Waals surface area contributed by atoms with Crippen LogP contribution in [0.1, 0.15) is 6.42 Å². The van der Waals surface area contributed by atoms with Crippen molar-refractivity contribution >= 4 is 6.09 Å². The van der Waals surface area contributed by atoms with Crippen molar-refractivity contribution in [3.63, 3.8) is 0 Å². The van der Waals surface area contributed by atoms with Gasteiger partial charge in [0.05, 0.1) is 18.7 Å². The van der Waals surface area contributed by atoms with E-state index in [-0.39, 0.29) is 18.7 Å². The molecule has 7 nitrogen and oxygen atoms in total. The van der Waals surface area contributed by atoms with E-state index in [1.807, 2.05) is 0 Å². The van der Waals surface area contributed by atoms with Crippen LogP contribution in [-0.2, 0) is 4.74 Å². The van der Waals surface area contributed by atoms with Gasteiger partial charge < -0.3 is 14.7 Å². The van der Waals surface area contributed by atoms with Crippen LogP contribution in [0.4, 0.5) is 4.79 Å². The molecule has 1 aliphatic heterocycles. The van der Waals surface area contributed by atoms with Crippen molar-refractivity contribution in [3.8, 4) is 0 Å². The largest absolute Gasteiger partial charge is 0.465 e. The molecule has 7 heteroatoms. The Hall–Kier alpha value is -1.46. The zero-order chi connectivity index (χ0) is 10.6. The van der Waals surface area contributed by atoms with Crippen LogP contribution in [0.15, 0.2) is 5.11 Å². The molecule has 0 aromatic rings. The molecular formula is C7H12N4O3. The van der Waals surface area contributed by atoms with Gasteiger partial charge in [-0.3, -0.25) is 0 Å². The molecule has 0 aromatic carbocycles. The summed E-state index contributed by atoms with van der Waals surface area (Å²) in [7, 11) is 1.52. The molecule has 1 rings (SSSR count). The average molecular weight is 200 g/mol. The minimum atomic E-state index is -1.01. The summed E-state index contributed by atoms with van der Waals surface area (Å²) < 4.78 is 5.06. The number of carboxylic acid groups (broad SMARTS) is 1. The Morgan fingerprint density at radius 2 is 2.43 bits per heavy atom. The van der Waals surface area contributed by atoms with E-state index >= 15 is 0 Å². The molecule has 2 atom stereocenters. The molecule has 0 unspecified atom stereocenters. The summed E-state index contributed by atoms with van der Waals surface area (Å²) in [6.07, 6.45) is -0.620. The third-order valence-electron chi connectivity index (χ3n) is 2.21. The van der Waals surface area contributed by atoms with Crippen molar-refractivity contribution in [3.05, 3.63) is 10.4 Å². The first-order chi connectivity index (χ1) is 6.67. The van der Waals surface area contributed by atoms with Gasteiger partial charge in [0, 0.05) is 18.6 Å². The quantitative estimate of drug-likeness (QED) is 0.410. The predicted molar refractivity (Wildman–Crippen MR) is 47.9 cm³/mol. The second-order valence-electron chi connectivity index (χ2n) is 3.14. The summed E-state index contributed by atoms with van der Waals surface area (Å²) >= 11 is 0. The fraction of sp³-hybridized carbons (Fsp3) is 0.857. The molecule has 0 radical (unpaired) electrons. The highest BCUT2D eigenvalue weighted by Crippen LogP contribution is 2.16. The zero-order valence-electron chi connectivity index (χ0n) is 7.83. The molecule has 1 N–H and O–H groups in total. The second kappa shape index (κ2) is 4.69. The van der Waals surface area contributed by atoms with Crippen molar-refractivity contribution in [1.29, 1.82) is 0 Å². The first-order valence-corrected chi connectivity index (χ1v) is 4.22. The van der Waals surface area contributed by atoms with Crippen molar-refractivity contribution in [2.45, 2.75) is 18.6 Å². The van der Waals surface area contributed by atoms with Gasteiger partial charge in [0.2, 0.25) is 0 Å². The summed E-state index contributed by atoms with van der Waals surface area (Å²) in [5.41, 5.74) is 8.25. The highest BCUT2D eigenvalue weighted by molar-refractivity contribution is 5.65. The smallest absolute Gasteiger partial charge is 0.407 e. The zero-order valence-corrected chi connectivity index (χ0v) is 7.83. The molecule has 14 heavy (non-hydrogen) atoms. The van der Waals surface area contributed by atoms with Gasteiger partial charge in [-0.1, -0.05) is 5.11 Å². The third-order valence-corrected chi connectivity index (χ3v) is 2.21. The number of nitrogens with zero attached hydrogens (tertiary/aromatic N) is 4. The van der Waals surface area contributed by atoms with Crippen LogP contribution in [0, 0.1) is 0 Å². The number of hydrogen-bond donors (Lipinski definition) is 1. The number of amides is 1. The third kappa shape index (κ3) is 2.51. The van der Waals surface area contributed by atoms with Crippen LogP contribution in [0.5, 0.6) is 0 Å². The predicted octanol–water partition coefficient (Wildman–Crippen LogP) is 1.06. The van der Waals surface area contributed by atoms with Crippen LogP contribution in [0.3, 0.4) is 0 Å². The van der Waals surface area contributed by atoms with Crippen LogP contribution in [-0.4, -0.2) is 48.4 Å². The maximum Gasteiger partial charge on any atom is 0.407 e. The molecule has 0 aromatic heterocycles. The molecular weight excluding hydrogens is 188 g/mol. The molecule has 78 valence electrons. The minimum Gasteiger partial charge on any atom is -0.465 e. The van der Waals surface area contributed by atoms with E-state index in [4.69, 9.17) is 15.4 Å². The lowest BCUT2D eigenvalue weighted by molar-refractivity contribution is 0.0261. The molecule has 1 fully saturated rings. The first kappa shape index (κ1) is 10.6. The molecule has 1 aliphatic rings. The minimum absolute atomic E-state index is 0.185. The molecule has 0 bridgehead atoms. The summed E-state index contributed by atoms with van der Waals surface area (Å²) in [5, 5.41) is 12.3. The van der Waals surface area contributed by atoms with E-state index in [2.05, 4.69) is 10.0 Å². The van der Waals surface area contributed by atoms with E-state index in [1.165, 1.54) is 12.0 Å². The molecule has 1 saturated heterocycles. The highest BCUT2D eigenvalue weighted by Gasteiger charge is 2.29. The lowest BCUT2D eigenvalue weighted by Gasteiger charge is -2.33. The van der Waals surface area contributed by atoms with Crippen molar-refractivity contribution in [2.24, 2.45) is 5.11 Å². The summed E-state index contributed by atoms with van der Waals surface area (Å²) in [6.45, 7) is 0.586. The number of rotatable bonds is 2. The second-order valence-corrected chi connectivity index (χ2v) is 3.14. The van der Waals surface area contributed by atoms with Gasteiger partial charge in [-0.15, -0.1) is 0 Å². The van der Waals surface area contributed by atoms with Crippen LogP contribution in [0.2, 0.25) is 0 Å². The SMILES string of the molecule is CO[C@H]1C[C@@H](N=[N+]=[N-])CN(C(=O)O)C1. The normalized spacial score (nSPS) is 26.8. The number of ether oxygens (including phenoxy) is 1. The number of azide groups is 1. The number of methoxy groups -OCH3 is 1. The van der Waals surface area contributed by atoms with Crippen LogP contribution in [0.25, 0.3) is 10.4 Å². The van der Waals surface area contributed by atoms with E-state index < -0.39 is 6.09 Å². The monoisotopic (exact) mass is 200 g/mol. The van der Waals surface area contributed by atoms with Crippen LogP contribution < -0.4 is 0 Å². The standard InChI is InChI=1S/C7H12N4O3/c1-14-6-2-5(9-10-8)3-11(4-6)7(12)13/h5-6H,2-4H2,1H3,(H,12,13)/t5-,6+/m1/s1. The van der Waals surface area contributed by atoms with Gasteiger partial charge in [-0.2, -0.15) is 0 Å². The number of hydrogen-bond acceptors (Lipinski definition) is 3. The Labute approximate surface area is 80.9 Å². The van der Waals surface area contributed by atoms with Gasteiger partial charge in [-0.05, 0) is 12.0 Å². The van der Waals surface area contributed by atoms with Gasteiger partial charge in [0.15, 0.2) is 0 Å².